The van der Waals surface area contributed by atoms with E-state index in [4.69, 9.17) is 5.73 Å². The Balaban J connectivity index is 3.28. The molecular formula is C14H22BrNO. The molecule has 0 spiro atoms. The summed E-state index contributed by atoms with van der Waals surface area (Å²) in [7, 11) is 0. The minimum atomic E-state index is -0.0644. The SMILES string of the molecule is CC(CCN)c1cc(Br)cc(C(C)(C)C)c1O. The van der Waals surface area contributed by atoms with Gasteiger partial charge in [0, 0.05) is 10.0 Å². The second-order valence-electron chi connectivity index (χ2n) is 5.62. The predicted molar refractivity (Wildman–Crippen MR) is 76.6 cm³/mol. The van der Waals surface area contributed by atoms with Gasteiger partial charge in [0.1, 0.15) is 5.75 Å². The van der Waals surface area contributed by atoms with Crippen molar-refractivity contribution in [1.29, 1.82) is 0 Å². The first kappa shape index (κ1) is 14.5. The second-order valence-corrected chi connectivity index (χ2v) is 6.54. The van der Waals surface area contributed by atoms with Crippen molar-refractivity contribution < 1.29 is 5.11 Å². The Morgan fingerprint density at radius 3 is 2.41 bits per heavy atom. The molecule has 1 aromatic carbocycles. The molecule has 96 valence electrons. The zero-order valence-electron chi connectivity index (χ0n) is 11.0. The molecular weight excluding hydrogens is 278 g/mol. The number of nitrogens with two attached hydrogens (primary N) is 1. The maximum absolute atomic E-state index is 10.4. The van der Waals surface area contributed by atoms with Crippen LogP contribution >= 0.6 is 15.9 Å². The molecule has 1 unspecified atom stereocenters. The van der Waals surface area contributed by atoms with Gasteiger partial charge in [0.05, 0.1) is 0 Å². The van der Waals surface area contributed by atoms with Crippen molar-refractivity contribution in [2.24, 2.45) is 5.73 Å². The van der Waals surface area contributed by atoms with Crippen molar-refractivity contribution in [3.8, 4) is 5.75 Å². The molecule has 3 heteroatoms. The molecule has 0 amide bonds. The quantitative estimate of drug-likeness (QED) is 0.889. The minimum absolute atomic E-state index is 0.0644. The Bertz CT molecular complexity index is 396. The van der Waals surface area contributed by atoms with E-state index in [0.717, 1.165) is 22.0 Å². The molecule has 0 heterocycles. The van der Waals surface area contributed by atoms with Crippen LogP contribution in [0.3, 0.4) is 0 Å². The van der Waals surface area contributed by atoms with Crippen LogP contribution in [0.5, 0.6) is 5.75 Å². The molecule has 0 aromatic heterocycles. The van der Waals surface area contributed by atoms with Gasteiger partial charge >= 0.3 is 0 Å². The minimum Gasteiger partial charge on any atom is -0.507 e. The third-order valence-corrected chi connectivity index (χ3v) is 3.50. The van der Waals surface area contributed by atoms with Crippen molar-refractivity contribution in [3.05, 3.63) is 27.7 Å². The van der Waals surface area contributed by atoms with Crippen LogP contribution < -0.4 is 5.73 Å². The molecule has 0 aliphatic rings. The fourth-order valence-electron chi connectivity index (χ4n) is 1.97. The van der Waals surface area contributed by atoms with Crippen molar-refractivity contribution in [3.63, 3.8) is 0 Å². The van der Waals surface area contributed by atoms with Gasteiger partial charge in [-0.3, -0.25) is 0 Å². The van der Waals surface area contributed by atoms with Gasteiger partial charge in [-0.05, 0) is 42.0 Å². The lowest BCUT2D eigenvalue weighted by molar-refractivity contribution is 0.434. The van der Waals surface area contributed by atoms with Crippen molar-refractivity contribution in [2.45, 2.75) is 45.4 Å². The van der Waals surface area contributed by atoms with Crippen LogP contribution in [0, 0.1) is 0 Å². The van der Waals surface area contributed by atoms with Crippen molar-refractivity contribution in [2.75, 3.05) is 6.54 Å². The fourth-order valence-corrected chi connectivity index (χ4v) is 2.45. The highest BCUT2D eigenvalue weighted by Gasteiger charge is 2.22. The number of rotatable bonds is 3. The van der Waals surface area contributed by atoms with Gasteiger partial charge < -0.3 is 10.8 Å². The summed E-state index contributed by atoms with van der Waals surface area (Å²) >= 11 is 3.52. The molecule has 2 nitrogen and oxygen atoms in total. The van der Waals surface area contributed by atoms with E-state index in [1.807, 2.05) is 12.1 Å². The summed E-state index contributed by atoms with van der Waals surface area (Å²) in [4.78, 5) is 0. The van der Waals surface area contributed by atoms with E-state index in [1.54, 1.807) is 0 Å². The van der Waals surface area contributed by atoms with Crippen LogP contribution in [0.15, 0.2) is 16.6 Å². The molecule has 1 aromatic rings. The Morgan fingerprint density at radius 1 is 1.35 bits per heavy atom. The molecule has 0 saturated carbocycles. The van der Waals surface area contributed by atoms with Crippen molar-refractivity contribution in [1.82, 2.24) is 0 Å². The van der Waals surface area contributed by atoms with Crippen LogP contribution in [-0.4, -0.2) is 11.7 Å². The third-order valence-electron chi connectivity index (χ3n) is 3.04. The highest BCUT2D eigenvalue weighted by Crippen LogP contribution is 2.39. The van der Waals surface area contributed by atoms with E-state index in [-0.39, 0.29) is 11.3 Å². The average Bonchev–Trinajstić information content (AvgIpc) is 2.19. The third kappa shape index (κ3) is 3.46. The van der Waals surface area contributed by atoms with Gasteiger partial charge in [0.15, 0.2) is 0 Å². The first-order valence-electron chi connectivity index (χ1n) is 6.00. The molecule has 0 radical (unpaired) electrons. The van der Waals surface area contributed by atoms with Gasteiger partial charge in [0.25, 0.3) is 0 Å². The standard InChI is InChI=1S/C14H22BrNO/c1-9(5-6-16)11-7-10(15)8-12(13(11)17)14(2,3)4/h7-9,17H,5-6,16H2,1-4H3. The average molecular weight is 300 g/mol. The number of hydrogen-bond donors (Lipinski definition) is 2. The number of benzene rings is 1. The molecule has 0 fully saturated rings. The van der Waals surface area contributed by atoms with Crippen LogP contribution in [0.4, 0.5) is 0 Å². The number of halogens is 1. The zero-order chi connectivity index (χ0) is 13.2. The monoisotopic (exact) mass is 299 g/mol. The largest absolute Gasteiger partial charge is 0.507 e. The first-order chi connectivity index (χ1) is 7.77. The molecule has 3 N–H and O–H groups in total. The van der Waals surface area contributed by atoms with Crippen LogP contribution in [0.1, 0.15) is 51.2 Å². The second kappa shape index (κ2) is 5.40. The smallest absolute Gasteiger partial charge is 0.122 e. The lowest BCUT2D eigenvalue weighted by atomic mass is 9.83. The molecule has 17 heavy (non-hydrogen) atoms. The molecule has 1 atom stereocenters. The van der Waals surface area contributed by atoms with Gasteiger partial charge in [-0.1, -0.05) is 43.6 Å². The maximum Gasteiger partial charge on any atom is 0.122 e. The normalized spacial score (nSPS) is 13.8. The first-order valence-corrected chi connectivity index (χ1v) is 6.79. The summed E-state index contributed by atoms with van der Waals surface area (Å²) in [5, 5.41) is 10.4. The predicted octanol–water partition coefficient (Wildman–Crippen LogP) is 3.90. The summed E-state index contributed by atoms with van der Waals surface area (Å²) in [5.41, 5.74) is 7.48. The topological polar surface area (TPSA) is 46.2 Å². The van der Waals surface area contributed by atoms with E-state index >= 15 is 0 Å². The van der Waals surface area contributed by atoms with Crippen LogP contribution in [0.25, 0.3) is 0 Å². The number of phenolic OH excluding ortho intramolecular Hbond substituents is 1. The lowest BCUT2D eigenvalue weighted by Crippen LogP contribution is -2.13. The molecule has 1 rings (SSSR count). The van der Waals surface area contributed by atoms with E-state index in [2.05, 4.69) is 43.6 Å². The van der Waals surface area contributed by atoms with E-state index in [9.17, 15) is 5.11 Å². The molecule has 0 aliphatic heterocycles. The summed E-state index contributed by atoms with van der Waals surface area (Å²) in [5.74, 6) is 0.695. The molecule has 0 bridgehead atoms. The zero-order valence-corrected chi connectivity index (χ0v) is 12.6. The van der Waals surface area contributed by atoms with Gasteiger partial charge in [-0.25, -0.2) is 0 Å². The van der Waals surface area contributed by atoms with E-state index < -0.39 is 0 Å². The number of aromatic hydroxyl groups is 1. The van der Waals surface area contributed by atoms with E-state index in [1.165, 1.54) is 0 Å². The van der Waals surface area contributed by atoms with Gasteiger partial charge in [-0.2, -0.15) is 0 Å². The molecule has 0 saturated heterocycles. The summed E-state index contributed by atoms with van der Waals surface area (Å²) < 4.78 is 1.01. The Labute approximate surface area is 112 Å². The number of hydrogen-bond acceptors (Lipinski definition) is 2. The van der Waals surface area contributed by atoms with Gasteiger partial charge in [-0.15, -0.1) is 0 Å². The van der Waals surface area contributed by atoms with Crippen LogP contribution in [0.2, 0.25) is 0 Å². The highest BCUT2D eigenvalue weighted by molar-refractivity contribution is 9.10. The lowest BCUT2D eigenvalue weighted by Gasteiger charge is -2.24. The summed E-state index contributed by atoms with van der Waals surface area (Å²) in [6.45, 7) is 9.04. The van der Waals surface area contributed by atoms with Gasteiger partial charge in [0.2, 0.25) is 0 Å². The Morgan fingerprint density at radius 2 is 1.94 bits per heavy atom. The molecule has 0 aliphatic carbocycles. The van der Waals surface area contributed by atoms with Crippen molar-refractivity contribution >= 4 is 15.9 Å². The fraction of sp³-hybridized carbons (Fsp3) is 0.571. The maximum atomic E-state index is 10.4. The summed E-state index contributed by atoms with van der Waals surface area (Å²) in [6.07, 6.45) is 0.883. The number of phenols is 1. The summed E-state index contributed by atoms with van der Waals surface area (Å²) in [6, 6.07) is 3.99. The highest BCUT2D eigenvalue weighted by atomic mass is 79.9. The van der Waals surface area contributed by atoms with E-state index in [0.29, 0.717) is 12.3 Å². The Kier molecular flexibility index (Phi) is 4.62. The van der Waals surface area contributed by atoms with Crippen LogP contribution in [-0.2, 0) is 5.41 Å². The Hall–Kier alpha value is -0.540.